The summed E-state index contributed by atoms with van der Waals surface area (Å²) in [6.45, 7) is 3.03. The highest BCUT2D eigenvalue weighted by Crippen LogP contribution is 2.23. The molecule has 1 heterocycles. The minimum Gasteiger partial charge on any atom is -0.355 e. The molecule has 0 radical (unpaired) electrons. The van der Waals surface area contributed by atoms with Gasteiger partial charge in [0.2, 0.25) is 5.91 Å². The number of amides is 1. The van der Waals surface area contributed by atoms with Crippen LogP contribution in [0.3, 0.4) is 0 Å². The summed E-state index contributed by atoms with van der Waals surface area (Å²) in [5.74, 6) is 1.30. The molecule has 0 bridgehead atoms. The van der Waals surface area contributed by atoms with Gasteiger partial charge in [-0.25, -0.2) is 0 Å². The first-order valence-electron chi connectivity index (χ1n) is 5.84. The molecule has 1 saturated carbocycles. The van der Waals surface area contributed by atoms with E-state index in [0.717, 1.165) is 32.5 Å². The lowest BCUT2D eigenvalue weighted by Gasteiger charge is -2.28. The second kappa shape index (κ2) is 4.78. The zero-order valence-corrected chi connectivity index (χ0v) is 8.72. The fourth-order valence-electron chi connectivity index (χ4n) is 2.25. The van der Waals surface area contributed by atoms with Crippen LogP contribution in [0.25, 0.3) is 0 Å². The Kier molecular flexibility index (Phi) is 3.40. The van der Waals surface area contributed by atoms with E-state index in [4.69, 9.17) is 0 Å². The quantitative estimate of drug-likeness (QED) is 0.704. The summed E-state index contributed by atoms with van der Waals surface area (Å²) in [6.07, 6.45) is 6.01. The third kappa shape index (κ3) is 2.47. The maximum atomic E-state index is 11.7. The van der Waals surface area contributed by atoms with Crippen molar-refractivity contribution in [3.05, 3.63) is 0 Å². The molecule has 3 nitrogen and oxygen atoms in total. The van der Waals surface area contributed by atoms with Crippen LogP contribution in [0.2, 0.25) is 0 Å². The molecule has 0 unspecified atom stereocenters. The first-order chi connectivity index (χ1) is 6.86. The standard InChI is InChI=1S/C11H20N2O/c14-11(10-4-2-1-3-5-10)13-8-9-6-12-7-9/h9-10,12H,1-8H2,(H,13,14). The van der Waals surface area contributed by atoms with Gasteiger partial charge in [0.05, 0.1) is 0 Å². The van der Waals surface area contributed by atoms with Crippen molar-refractivity contribution in [1.29, 1.82) is 0 Å². The molecule has 0 spiro atoms. The lowest BCUT2D eigenvalue weighted by atomic mass is 9.88. The van der Waals surface area contributed by atoms with Crippen LogP contribution in [0.1, 0.15) is 32.1 Å². The molecule has 0 aromatic heterocycles. The second-order valence-electron chi connectivity index (χ2n) is 4.60. The molecule has 0 aromatic carbocycles. The monoisotopic (exact) mass is 196 g/mol. The van der Waals surface area contributed by atoms with Gasteiger partial charge in [-0.05, 0) is 12.8 Å². The molecule has 2 rings (SSSR count). The molecule has 1 amide bonds. The molecule has 0 aromatic rings. The topological polar surface area (TPSA) is 41.1 Å². The molecule has 1 aliphatic carbocycles. The smallest absolute Gasteiger partial charge is 0.223 e. The molecule has 1 saturated heterocycles. The zero-order chi connectivity index (χ0) is 9.80. The van der Waals surface area contributed by atoms with Crippen molar-refractivity contribution in [2.75, 3.05) is 19.6 Å². The predicted molar refractivity (Wildman–Crippen MR) is 55.9 cm³/mol. The number of rotatable bonds is 3. The lowest BCUT2D eigenvalue weighted by molar-refractivity contribution is -0.126. The van der Waals surface area contributed by atoms with Crippen LogP contribution in [-0.2, 0) is 4.79 Å². The van der Waals surface area contributed by atoms with Gasteiger partial charge in [-0.15, -0.1) is 0 Å². The largest absolute Gasteiger partial charge is 0.355 e. The number of carbonyl (C=O) groups is 1. The Morgan fingerprint density at radius 3 is 2.50 bits per heavy atom. The minimum absolute atomic E-state index is 0.302. The first-order valence-corrected chi connectivity index (χ1v) is 5.84. The van der Waals surface area contributed by atoms with Crippen molar-refractivity contribution in [1.82, 2.24) is 10.6 Å². The van der Waals surface area contributed by atoms with E-state index >= 15 is 0 Å². The summed E-state index contributed by atoms with van der Waals surface area (Å²) in [4.78, 5) is 11.7. The third-order valence-corrected chi connectivity index (χ3v) is 3.41. The van der Waals surface area contributed by atoms with E-state index < -0.39 is 0 Å². The van der Waals surface area contributed by atoms with E-state index in [2.05, 4.69) is 10.6 Å². The van der Waals surface area contributed by atoms with Gasteiger partial charge in [-0.1, -0.05) is 19.3 Å². The summed E-state index contributed by atoms with van der Waals surface area (Å²) in [6, 6.07) is 0. The van der Waals surface area contributed by atoms with Gasteiger partial charge in [-0.3, -0.25) is 4.79 Å². The first kappa shape index (κ1) is 9.97. The van der Waals surface area contributed by atoms with E-state index in [1.807, 2.05) is 0 Å². The molecule has 14 heavy (non-hydrogen) atoms. The average Bonchev–Trinajstić information content (AvgIpc) is 2.16. The van der Waals surface area contributed by atoms with Gasteiger partial charge in [0.1, 0.15) is 0 Å². The van der Waals surface area contributed by atoms with Crippen molar-refractivity contribution in [2.45, 2.75) is 32.1 Å². The highest BCUT2D eigenvalue weighted by molar-refractivity contribution is 5.78. The van der Waals surface area contributed by atoms with Crippen molar-refractivity contribution in [3.63, 3.8) is 0 Å². The van der Waals surface area contributed by atoms with Crippen molar-refractivity contribution >= 4 is 5.91 Å². The van der Waals surface area contributed by atoms with Gasteiger partial charge in [0.25, 0.3) is 0 Å². The molecule has 2 N–H and O–H groups in total. The molecule has 2 fully saturated rings. The normalized spacial score (nSPS) is 24.3. The van der Waals surface area contributed by atoms with E-state index in [-0.39, 0.29) is 0 Å². The Morgan fingerprint density at radius 1 is 1.21 bits per heavy atom. The van der Waals surface area contributed by atoms with E-state index in [1.54, 1.807) is 0 Å². The third-order valence-electron chi connectivity index (χ3n) is 3.41. The van der Waals surface area contributed by atoms with Gasteiger partial charge in [0, 0.05) is 31.5 Å². The predicted octanol–water partition coefficient (Wildman–Crippen LogP) is 0.902. The van der Waals surface area contributed by atoms with Crippen LogP contribution >= 0.6 is 0 Å². The molecular formula is C11H20N2O. The SMILES string of the molecule is O=C(NCC1CNC1)C1CCCCC1. The van der Waals surface area contributed by atoms with Crippen molar-refractivity contribution in [3.8, 4) is 0 Å². The van der Waals surface area contributed by atoms with Gasteiger partial charge in [0.15, 0.2) is 0 Å². The van der Waals surface area contributed by atoms with E-state index in [9.17, 15) is 4.79 Å². The summed E-state index contributed by atoms with van der Waals surface area (Å²) >= 11 is 0. The van der Waals surface area contributed by atoms with Crippen molar-refractivity contribution in [2.24, 2.45) is 11.8 Å². The Labute approximate surface area is 85.6 Å². The fraction of sp³-hybridized carbons (Fsp3) is 0.909. The summed E-state index contributed by atoms with van der Waals surface area (Å²) in [5, 5.41) is 6.29. The maximum Gasteiger partial charge on any atom is 0.223 e. The van der Waals surface area contributed by atoms with Crippen LogP contribution in [0.4, 0.5) is 0 Å². The average molecular weight is 196 g/mol. The number of carbonyl (C=O) groups excluding carboxylic acids is 1. The highest BCUT2D eigenvalue weighted by Gasteiger charge is 2.23. The molecule has 1 aliphatic heterocycles. The maximum absolute atomic E-state index is 11.7. The minimum atomic E-state index is 0.302. The zero-order valence-electron chi connectivity index (χ0n) is 8.72. The molecular weight excluding hydrogens is 176 g/mol. The van der Waals surface area contributed by atoms with Crippen LogP contribution in [-0.4, -0.2) is 25.5 Å². The summed E-state index contributed by atoms with van der Waals surface area (Å²) in [7, 11) is 0. The Morgan fingerprint density at radius 2 is 1.93 bits per heavy atom. The van der Waals surface area contributed by atoms with Crippen LogP contribution in [0, 0.1) is 11.8 Å². The Hall–Kier alpha value is -0.570. The molecule has 80 valence electrons. The Bertz CT molecular complexity index is 195. The van der Waals surface area contributed by atoms with Crippen LogP contribution in [0.5, 0.6) is 0 Å². The van der Waals surface area contributed by atoms with Gasteiger partial charge < -0.3 is 10.6 Å². The van der Waals surface area contributed by atoms with Gasteiger partial charge in [-0.2, -0.15) is 0 Å². The summed E-state index contributed by atoms with van der Waals surface area (Å²) < 4.78 is 0. The molecule has 0 atom stereocenters. The number of nitrogens with one attached hydrogen (secondary N) is 2. The summed E-state index contributed by atoms with van der Waals surface area (Å²) in [5.41, 5.74) is 0. The Balaban J connectivity index is 1.65. The van der Waals surface area contributed by atoms with Crippen LogP contribution < -0.4 is 10.6 Å². The number of hydrogen-bond donors (Lipinski definition) is 2. The number of hydrogen-bond acceptors (Lipinski definition) is 2. The van der Waals surface area contributed by atoms with E-state index in [1.165, 1.54) is 19.3 Å². The second-order valence-corrected chi connectivity index (χ2v) is 4.60. The lowest BCUT2D eigenvalue weighted by Crippen LogP contribution is -2.49. The highest BCUT2D eigenvalue weighted by atomic mass is 16.1. The molecule has 3 heteroatoms. The molecule has 2 aliphatic rings. The fourth-order valence-corrected chi connectivity index (χ4v) is 2.25. The van der Waals surface area contributed by atoms with Gasteiger partial charge >= 0.3 is 0 Å². The van der Waals surface area contributed by atoms with Crippen LogP contribution in [0.15, 0.2) is 0 Å². The van der Waals surface area contributed by atoms with Crippen molar-refractivity contribution < 1.29 is 4.79 Å². The van der Waals surface area contributed by atoms with E-state index in [0.29, 0.717) is 17.7 Å².